The molecule has 0 fully saturated rings. The van der Waals surface area contributed by atoms with Crippen LogP contribution in [0.4, 0.5) is 0 Å². The van der Waals surface area contributed by atoms with Gasteiger partial charge in [-0.2, -0.15) is 0 Å². The number of halogens is 2. The molecule has 5 rings (SSSR count). The number of para-hydroxylation sites is 2. The Kier molecular flexibility index (Phi) is 6.49. The van der Waals surface area contributed by atoms with E-state index in [2.05, 4.69) is 31.9 Å². The molecule has 2 aliphatic heterocycles. The standard InChI is InChI=1S/C20H10Br2O3.2C2H6/c21-15-9-3-7-13-17(15)24-18-14(8-4-10-16(18)22)20(13)12-6-2-1-5-11(12)19(23)25-20;2*1-2/h1-10H;2*1-2H3. The van der Waals surface area contributed by atoms with Crippen molar-refractivity contribution in [1.29, 1.82) is 0 Å². The molecule has 0 aliphatic carbocycles. The van der Waals surface area contributed by atoms with E-state index < -0.39 is 5.60 Å². The Balaban J connectivity index is 0.000000568. The molecule has 150 valence electrons. The molecular weight excluding hydrogens is 496 g/mol. The predicted molar refractivity (Wildman–Crippen MR) is 123 cm³/mol. The van der Waals surface area contributed by atoms with Crippen molar-refractivity contribution < 1.29 is 14.3 Å². The third kappa shape index (κ3) is 3.21. The average Bonchev–Trinajstić information content (AvgIpc) is 3.06. The number of ether oxygens (including phenoxy) is 2. The van der Waals surface area contributed by atoms with Gasteiger partial charge in [0.15, 0.2) is 5.60 Å². The van der Waals surface area contributed by atoms with Gasteiger partial charge in [0.05, 0.1) is 14.5 Å². The molecule has 3 nitrogen and oxygen atoms in total. The first-order valence-corrected chi connectivity index (χ1v) is 11.3. The van der Waals surface area contributed by atoms with Crippen LogP contribution in [0.3, 0.4) is 0 Å². The van der Waals surface area contributed by atoms with Gasteiger partial charge in [0, 0.05) is 16.7 Å². The van der Waals surface area contributed by atoms with E-state index in [1.165, 1.54) is 0 Å². The third-order valence-electron chi connectivity index (χ3n) is 4.67. The van der Waals surface area contributed by atoms with Crippen molar-refractivity contribution in [3.05, 3.63) is 91.9 Å². The van der Waals surface area contributed by atoms with E-state index in [0.29, 0.717) is 17.1 Å². The fourth-order valence-electron chi connectivity index (χ4n) is 3.64. The first-order valence-electron chi connectivity index (χ1n) is 9.71. The highest BCUT2D eigenvalue weighted by Crippen LogP contribution is 2.58. The minimum atomic E-state index is -1.01. The molecule has 3 aromatic carbocycles. The van der Waals surface area contributed by atoms with Crippen LogP contribution in [0.25, 0.3) is 0 Å². The molecule has 0 bridgehead atoms. The van der Waals surface area contributed by atoms with Crippen LogP contribution in [-0.4, -0.2) is 5.97 Å². The monoisotopic (exact) mass is 516 g/mol. The zero-order valence-corrected chi connectivity index (χ0v) is 19.9. The summed E-state index contributed by atoms with van der Waals surface area (Å²) in [7, 11) is 0. The predicted octanol–water partition coefficient (Wildman–Crippen LogP) is 7.83. The number of fused-ring (bicyclic) bond motifs is 6. The molecule has 5 heteroatoms. The van der Waals surface area contributed by atoms with Gasteiger partial charge in [-0.15, -0.1) is 0 Å². The number of hydrogen-bond donors (Lipinski definition) is 0. The van der Waals surface area contributed by atoms with Gasteiger partial charge in [0.25, 0.3) is 0 Å². The lowest BCUT2D eigenvalue weighted by Crippen LogP contribution is -2.33. The topological polar surface area (TPSA) is 35.5 Å². The fourth-order valence-corrected chi connectivity index (χ4v) is 4.54. The molecule has 2 heterocycles. The summed E-state index contributed by atoms with van der Waals surface area (Å²) in [6, 6.07) is 19.1. The highest BCUT2D eigenvalue weighted by Gasteiger charge is 2.54. The van der Waals surface area contributed by atoms with Crippen molar-refractivity contribution in [2.45, 2.75) is 33.3 Å². The number of carbonyl (C=O) groups is 1. The summed E-state index contributed by atoms with van der Waals surface area (Å²) in [4.78, 5) is 12.6. The molecule has 0 radical (unpaired) electrons. The Morgan fingerprint density at radius 3 is 1.72 bits per heavy atom. The van der Waals surface area contributed by atoms with Gasteiger partial charge in [-0.1, -0.05) is 70.2 Å². The Bertz CT molecular complexity index is 1010. The Morgan fingerprint density at radius 1 is 0.690 bits per heavy atom. The fraction of sp³-hybridized carbons (Fsp3) is 0.208. The number of rotatable bonds is 0. The smallest absolute Gasteiger partial charge is 0.340 e. The van der Waals surface area contributed by atoms with Crippen molar-refractivity contribution in [2.24, 2.45) is 0 Å². The number of esters is 1. The van der Waals surface area contributed by atoms with Crippen molar-refractivity contribution in [3.8, 4) is 11.5 Å². The van der Waals surface area contributed by atoms with Crippen LogP contribution in [0.5, 0.6) is 11.5 Å². The van der Waals surface area contributed by atoms with E-state index in [0.717, 1.165) is 25.6 Å². The highest BCUT2D eigenvalue weighted by atomic mass is 79.9. The first kappa shape index (κ1) is 21.6. The van der Waals surface area contributed by atoms with Gasteiger partial charge in [-0.25, -0.2) is 4.79 Å². The van der Waals surface area contributed by atoms with Gasteiger partial charge in [0.2, 0.25) is 0 Å². The highest BCUT2D eigenvalue weighted by molar-refractivity contribution is 9.11. The average molecular weight is 518 g/mol. The van der Waals surface area contributed by atoms with Gasteiger partial charge < -0.3 is 9.47 Å². The lowest BCUT2D eigenvalue weighted by atomic mass is 9.78. The molecule has 0 aromatic heterocycles. The van der Waals surface area contributed by atoms with Gasteiger partial charge in [-0.05, 0) is 50.1 Å². The van der Waals surface area contributed by atoms with Gasteiger partial charge >= 0.3 is 5.97 Å². The second-order valence-corrected chi connectivity index (χ2v) is 7.66. The van der Waals surface area contributed by atoms with E-state index >= 15 is 0 Å². The van der Waals surface area contributed by atoms with Crippen LogP contribution in [0, 0.1) is 0 Å². The molecule has 0 saturated heterocycles. The summed E-state index contributed by atoms with van der Waals surface area (Å²) < 4.78 is 13.9. The molecule has 0 atom stereocenters. The Hall–Kier alpha value is -2.11. The van der Waals surface area contributed by atoms with Crippen LogP contribution < -0.4 is 4.74 Å². The van der Waals surface area contributed by atoms with Crippen LogP contribution in [-0.2, 0) is 10.3 Å². The summed E-state index contributed by atoms with van der Waals surface area (Å²) in [6.07, 6.45) is 0. The van der Waals surface area contributed by atoms with Crippen LogP contribution >= 0.6 is 31.9 Å². The molecule has 3 aromatic rings. The summed E-state index contributed by atoms with van der Waals surface area (Å²) in [6.45, 7) is 8.00. The lowest BCUT2D eigenvalue weighted by Gasteiger charge is -2.37. The molecule has 1 spiro atoms. The normalized spacial score (nSPS) is 14.1. The lowest BCUT2D eigenvalue weighted by molar-refractivity contribution is 0.0223. The molecule has 0 unspecified atom stereocenters. The van der Waals surface area contributed by atoms with Crippen LogP contribution in [0.1, 0.15) is 54.7 Å². The maximum Gasteiger partial charge on any atom is 0.340 e. The SMILES string of the molecule is CC.CC.O=C1OC2(c3ccccc31)c1cccc(Br)c1Oc1c(Br)cccc12. The van der Waals surface area contributed by atoms with E-state index in [-0.39, 0.29) is 5.97 Å². The van der Waals surface area contributed by atoms with Gasteiger partial charge in [-0.3, -0.25) is 0 Å². The minimum Gasteiger partial charge on any atom is -0.454 e. The van der Waals surface area contributed by atoms with E-state index in [1.807, 2.05) is 82.3 Å². The Labute approximate surface area is 188 Å². The number of benzene rings is 3. The second kappa shape index (κ2) is 8.72. The van der Waals surface area contributed by atoms with Crippen molar-refractivity contribution >= 4 is 37.8 Å². The summed E-state index contributed by atoms with van der Waals surface area (Å²) >= 11 is 7.13. The summed E-state index contributed by atoms with van der Waals surface area (Å²) in [5.74, 6) is 0.993. The van der Waals surface area contributed by atoms with Gasteiger partial charge in [0.1, 0.15) is 11.5 Å². The zero-order valence-electron chi connectivity index (χ0n) is 16.8. The van der Waals surface area contributed by atoms with E-state index in [4.69, 9.17) is 9.47 Å². The van der Waals surface area contributed by atoms with Crippen molar-refractivity contribution in [3.63, 3.8) is 0 Å². The molecule has 0 amide bonds. The molecule has 0 N–H and O–H groups in total. The first-order chi connectivity index (χ1) is 14.1. The van der Waals surface area contributed by atoms with Crippen LogP contribution in [0.15, 0.2) is 69.6 Å². The maximum absolute atomic E-state index is 12.6. The second-order valence-electron chi connectivity index (χ2n) is 5.95. The van der Waals surface area contributed by atoms with Crippen molar-refractivity contribution in [2.75, 3.05) is 0 Å². The number of carbonyl (C=O) groups excluding carboxylic acids is 1. The third-order valence-corrected chi connectivity index (χ3v) is 5.92. The molecule has 2 aliphatic rings. The molecular formula is C24H22Br2O3. The largest absolute Gasteiger partial charge is 0.454 e. The van der Waals surface area contributed by atoms with E-state index in [1.54, 1.807) is 6.07 Å². The molecule has 0 saturated carbocycles. The summed E-state index contributed by atoms with van der Waals surface area (Å²) in [5.41, 5.74) is 2.03. The Morgan fingerprint density at radius 2 is 1.17 bits per heavy atom. The van der Waals surface area contributed by atoms with Crippen LogP contribution in [0.2, 0.25) is 0 Å². The number of hydrogen-bond acceptors (Lipinski definition) is 3. The quantitative estimate of drug-likeness (QED) is 0.285. The maximum atomic E-state index is 12.6. The minimum absolute atomic E-state index is 0.325. The zero-order chi connectivity index (χ0) is 21.2. The molecule has 29 heavy (non-hydrogen) atoms. The summed E-state index contributed by atoms with van der Waals surface area (Å²) in [5, 5.41) is 0. The van der Waals surface area contributed by atoms with E-state index in [9.17, 15) is 4.79 Å². The van der Waals surface area contributed by atoms with Crippen molar-refractivity contribution in [1.82, 2.24) is 0 Å².